The van der Waals surface area contributed by atoms with E-state index in [0.717, 1.165) is 38.6 Å². The van der Waals surface area contributed by atoms with Crippen LogP contribution in [0, 0.1) is 19.7 Å². The van der Waals surface area contributed by atoms with Gasteiger partial charge in [0.2, 0.25) is 18.4 Å². The monoisotopic (exact) mass is 731 g/mol. The summed E-state index contributed by atoms with van der Waals surface area (Å²) in [5.74, 6) is -4.10. The van der Waals surface area contributed by atoms with Crippen molar-refractivity contribution in [2.75, 3.05) is 23.4 Å². The Labute approximate surface area is 301 Å². The molecule has 3 aliphatic heterocycles. The molecule has 2 atom stereocenters. The number of allylic oxidation sites excluding steroid dienone is 1. The summed E-state index contributed by atoms with van der Waals surface area (Å²) in [7, 11) is 0. The summed E-state index contributed by atoms with van der Waals surface area (Å²) in [5, 5.41) is 26.3. The van der Waals surface area contributed by atoms with E-state index < -0.39 is 40.8 Å². The van der Waals surface area contributed by atoms with Crippen LogP contribution in [0.15, 0.2) is 88.7 Å². The normalized spacial score (nSPS) is 19.2. The number of β-lactam (4-membered cyclic amide) rings is 1. The fourth-order valence-electron chi connectivity index (χ4n) is 6.16. The number of anilines is 1. The number of nitrogens with one attached hydrogen (secondary N) is 2. The van der Waals surface area contributed by atoms with Gasteiger partial charge < -0.3 is 30.5 Å². The molecule has 2 fully saturated rings. The number of rotatable bonds is 11. The number of benzene rings is 2. The second kappa shape index (κ2) is 15.0. The number of pyridine rings is 1. The first-order chi connectivity index (χ1) is 24.4. The topological polar surface area (TPSA) is 163 Å². The van der Waals surface area contributed by atoms with E-state index in [2.05, 4.69) is 10.6 Å². The molecule has 12 nitrogen and oxygen atoms in total. The second-order valence-electron chi connectivity index (χ2n) is 12.5. The number of hydrogen-bond donors (Lipinski definition) is 3. The lowest BCUT2D eigenvalue weighted by Crippen LogP contribution is -2.71. The average molecular weight is 732 g/mol. The molecule has 3 N–H and O–H groups in total. The fourth-order valence-corrected chi connectivity index (χ4v) is 8.38. The molecule has 2 aromatic carbocycles. The SMILES string of the molecule is Cc1cc(C)cc(SCC(=O)N[C@@H]2C(=O)N3C(C(=O)[O-])=C(/C=C4\CCN(Cc5cc[n+](CC(=O)Nc6ccc(O)c(F)c6)cc5)C4=O)CS[C@H]23)c1. The number of amides is 4. The molecule has 4 heterocycles. The maximum absolute atomic E-state index is 13.6. The average Bonchev–Trinajstić information content (AvgIpc) is 3.42. The highest BCUT2D eigenvalue weighted by Crippen LogP contribution is 2.41. The molecular formula is C36H34FN5O7S2. The number of carboxylic acid groups (broad SMARTS) is 1. The molecule has 1 aromatic heterocycles. The zero-order valence-corrected chi connectivity index (χ0v) is 29.3. The molecule has 4 amide bonds. The van der Waals surface area contributed by atoms with Gasteiger partial charge in [0.1, 0.15) is 11.4 Å². The first-order valence-corrected chi connectivity index (χ1v) is 18.1. The summed E-state index contributed by atoms with van der Waals surface area (Å²) in [4.78, 5) is 67.5. The van der Waals surface area contributed by atoms with Crippen LogP contribution in [0.25, 0.3) is 0 Å². The number of hydrogen-bond acceptors (Lipinski definition) is 9. The van der Waals surface area contributed by atoms with Crippen molar-refractivity contribution in [1.82, 2.24) is 15.1 Å². The Bertz CT molecular complexity index is 1980. The molecule has 0 aliphatic carbocycles. The lowest BCUT2D eigenvalue weighted by Gasteiger charge is -2.50. The van der Waals surface area contributed by atoms with Gasteiger partial charge in [0, 0.05) is 53.2 Å². The van der Waals surface area contributed by atoms with Gasteiger partial charge in [-0.05, 0) is 72.9 Å². The summed E-state index contributed by atoms with van der Waals surface area (Å²) < 4.78 is 15.2. The first-order valence-electron chi connectivity index (χ1n) is 16.0. The van der Waals surface area contributed by atoms with Crippen molar-refractivity contribution in [3.05, 3.63) is 106 Å². The van der Waals surface area contributed by atoms with Crippen molar-refractivity contribution in [1.29, 1.82) is 0 Å². The summed E-state index contributed by atoms with van der Waals surface area (Å²) in [6, 6.07) is 12.2. The van der Waals surface area contributed by atoms with Crippen molar-refractivity contribution < 1.29 is 43.1 Å². The summed E-state index contributed by atoms with van der Waals surface area (Å²) in [5.41, 5.74) is 3.61. The largest absolute Gasteiger partial charge is 0.543 e. The molecule has 3 aromatic rings. The van der Waals surface area contributed by atoms with E-state index in [4.69, 9.17) is 0 Å². The van der Waals surface area contributed by atoms with E-state index in [0.29, 0.717) is 24.1 Å². The number of aromatic nitrogens is 1. The highest BCUT2D eigenvalue weighted by atomic mass is 32.2. The van der Waals surface area contributed by atoms with Crippen molar-refractivity contribution in [3.8, 4) is 5.75 Å². The molecule has 3 aliphatic rings. The maximum atomic E-state index is 13.6. The van der Waals surface area contributed by atoms with Gasteiger partial charge in [0.15, 0.2) is 24.0 Å². The zero-order valence-electron chi connectivity index (χ0n) is 27.7. The smallest absolute Gasteiger partial charge is 0.290 e. The van der Waals surface area contributed by atoms with E-state index in [-0.39, 0.29) is 47.8 Å². The van der Waals surface area contributed by atoms with Gasteiger partial charge in [0.05, 0.1) is 17.4 Å². The quantitative estimate of drug-likeness (QED) is 0.0880. The molecule has 264 valence electrons. The summed E-state index contributed by atoms with van der Waals surface area (Å²) in [6.07, 6.45) is 5.28. The molecule has 0 bridgehead atoms. The number of nitrogens with zero attached hydrogens (tertiary/aromatic N) is 3. The van der Waals surface area contributed by atoms with Crippen LogP contribution in [0.4, 0.5) is 10.1 Å². The van der Waals surface area contributed by atoms with Crippen molar-refractivity contribution in [2.24, 2.45) is 0 Å². The third kappa shape index (κ3) is 8.10. The van der Waals surface area contributed by atoms with Gasteiger partial charge in [-0.2, -0.15) is 4.57 Å². The van der Waals surface area contributed by atoms with E-state index in [1.165, 1.54) is 35.7 Å². The maximum Gasteiger partial charge on any atom is 0.290 e. The Morgan fingerprint density at radius 2 is 1.80 bits per heavy atom. The predicted octanol–water partition coefficient (Wildman–Crippen LogP) is 1.93. The number of carbonyl (C=O) groups excluding carboxylic acids is 5. The molecule has 15 heteroatoms. The number of halogens is 1. The Kier molecular flexibility index (Phi) is 10.5. The van der Waals surface area contributed by atoms with Crippen molar-refractivity contribution in [3.63, 3.8) is 0 Å². The van der Waals surface area contributed by atoms with Crippen LogP contribution in [-0.4, -0.2) is 74.0 Å². The zero-order chi connectivity index (χ0) is 36.4. The number of phenolic OH excluding ortho intramolecular Hbond substituents is 1. The summed E-state index contributed by atoms with van der Waals surface area (Å²) in [6.45, 7) is 4.60. The predicted molar refractivity (Wildman–Crippen MR) is 185 cm³/mol. The molecule has 0 unspecified atom stereocenters. The molecule has 6 rings (SSSR count). The van der Waals surface area contributed by atoms with Gasteiger partial charge in [0.25, 0.3) is 11.8 Å². The van der Waals surface area contributed by atoms with Gasteiger partial charge in [-0.15, -0.1) is 23.5 Å². The first kappa shape index (κ1) is 35.7. The van der Waals surface area contributed by atoms with Crippen LogP contribution >= 0.6 is 23.5 Å². The Hall–Kier alpha value is -5.15. The third-order valence-electron chi connectivity index (χ3n) is 8.53. The minimum absolute atomic E-state index is 0.0491. The number of phenols is 1. The Morgan fingerprint density at radius 3 is 2.49 bits per heavy atom. The van der Waals surface area contributed by atoms with Crippen molar-refractivity contribution in [2.45, 2.75) is 49.7 Å². The van der Waals surface area contributed by atoms with Crippen LogP contribution in [0.3, 0.4) is 0 Å². The molecular weight excluding hydrogens is 698 g/mol. The van der Waals surface area contributed by atoms with Crippen LogP contribution in [0.2, 0.25) is 0 Å². The Morgan fingerprint density at radius 1 is 1.08 bits per heavy atom. The molecule has 2 saturated heterocycles. The lowest BCUT2D eigenvalue weighted by atomic mass is 10.0. The molecule has 0 spiro atoms. The third-order valence-corrected chi connectivity index (χ3v) is 10.8. The number of aryl methyl sites for hydroxylation is 2. The number of aromatic hydroxyl groups is 1. The van der Waals surface area contributed by atoms with E-state index >= 15 is 0 Å². The number of fused-ring (bicyclic) bond motifs is 1. The van der Waals surface area contributed by atoms with Crippen LogP contribution in [-0.2, 0) is 37.1 Å². The van der Waals surface area contributed by atoms with Gasteiger partial charge in [-0.3, -0.25) is 24.1 Å². The van der Waals surface area contributed by atoms with Crippen LogP contribution < -0.4 is 20.3 Å². The molecule has 0 radical (unpaired) electrons. The second-order valence-corrected chi connectivity index (χ2v) is 14.6. The van der Waals surface area contributed by atoms with Gasteiger partial charge in [-0.1, -0.05) is 6.07 Å². The number of likely N-dealkylation sites (tertiary alicyclic amines) is 1. The molecule has 0 saturated carbocycles. The van der Waals surface area contributed by atoms with Crippen molar-refractivity contribution >= 4 is 58.8 Å². The van der Waals surface area contributed by atoms with Gasteiger partial charge >= 0.3 is 0 Å². The minimum atomic E-state index is -1.53. The number of carboxylic acids is 1. The highest BCUT2D eigenvalue weighted by Gasteiger charge is 2.52. The Balaban J connectivity index is 1.04. The standard InChI is InChI=1S/C36H34FN5O7S2/c1-20-11-21(2)13-26(12-20)50-19-30(45)39-31-34(47)42-32(36(48)49)24(18-51-35(31)42)14-23-7-10-41(33(23)46)16-22-5-8-40(9-6-22)17-29(44)38-25-3-4-28(43)27(37)15-25/h3-6,8-9,11-15,31,35H,7,10,16-19H2,1-2H3,(H3-,38,39,43,44,45,48,49)/b23-14+/t31-,35-/m1/s1. The van der Waals surface area contributed by atoms with Gasteiger partial charge in [-0.25, -0.2) is 4.39 Å². The van der Waals surface area contributed by atoms with E-state index in [1.807, 2.05) is 32.0 Å². The number of aliphatic carboxylic acids is 1. The fraction of sp³-hybridized carbons (Fsp3) is 0.278. The molecule has 51 heavy (non-hydrogen) atoms. The lowest BCUT2D eigenvalue weighted by molar-refractivity contribution is -0.684. The number of thioether (sulfide) groups is 2. The minimum Gasteiger partial charge on any atom is -0.543 e. The highest BCUT2D eigenvalue weighted by molar-refractivity contribution is 8.00. The van der Waals surface area contributed by atoms with Crippen LogP contribution in [0.1, 0.15) is 23.1 Å². The number of carbonyl (C=O) groups is 5. The van der Waals surface area contributed by atoms with E-state index in [1.54, 1.807) is 34.0 Å². The van der Waals surface area contributed by atoms with E-state index in [9.17, 15) is 38.6 Å². The summed E-state index contributed by atoms with van der Waals surface area (Å²) >= 11 is 2.68. The van der Waals surface area contributed by atoms with Crippen LogP contribution in [0.5, 0.6) is 5.75 Å².